The zero-order valence-corrected chi connectivity index (χ0v) is 5.88. The molecule has 0 aromatic heterocycles. The van der Waals surface area contributed by atoms with Crippen molar-refractivity contribution in [3.05, 3.63) is 0 Å². The van der Waals surface area contributed by atoms with Crippen LogP contribution in [0.3, 0.4) is 0 Å². The molecule has 0 spiro atoms. The lowest BCUT2D eigenvalue weighted by atomic mass is 10.3. The molecule has 0 aliphatic rings. The monoisotopic (exact) mass is 160 g/mol. The molecule has 4 heteroatoms. The first kappa shape index (κ1) is 8.47. The summed E-state index contributed by atoms with van der Waals surface area (Å²) in [6, 6.07) is 0. The minimum atomic E-state index is -2.28. The van der Waals surface area contributed by atoms with Crippen molar-refractivity contribution in [3.8, 4) is 0 Å². The van der Waals surface area contributed by atoms with Crippen LogP contribution in [0.25, 0.3) is 0 Å². The summed E-state index contributed by atoms with van der Waals surface area (Å²) in [5, 5.41) is 8.48. The maximum Gasteiger partial charge on any atom is 0.259 e. The normalized spacial score (nSPS) is 16.1. The Morgan fingerprint density at radius 1 is 1.75 bits per heavy atom. The summed E-state index contributed by atoms with van der Waals surface area (Å²) in [4.78, 5) is 0. The van der Waals surface area contributed by atoms with Gasteiger partial charge in [-0.25, -0.2) is 4.39 Å². The van der Waals surface area contributed by atoms with Gasteiger partial charge in [0.15, 0.2) is 0 Å². The number of rotatable bonds is 2. The molecular weight excluding hydrogens is 154 g/mol. The highest BCUT2D eigenvalue weighted by molar-refractivity contribution is 6.47. The molecular formula is C4H7Cl2FO. The third-order valence-corrected chi connectivity index (χ3v) is 0.835. The summed E-state index contributed by atoms with van der Waals surface area (Å²) in [6.45, 7) is 1.42. The van der Waals surface area contributed by atoms with E-state index in [2.05, 4.69) is 0 Å². The summed E-state index contributed by atoms with van der Waals surface area (Å²) in [5.41, 5.74) is 0. The first-order chi connectivity index (χ1) is 3.42. The Hall–Kier alpha value is 0.470. The Morgan fingerprint density at radius 3 is 2.12 bits per heavy atom. The van der Waals surface area contributed by atoms with Crippen molar-refractivity contribution in [2.75, 3.05) is 0 Å². The number of aliphatic hydroxyl groups excluding tert-OH is 1. The predicted molar refractivity (Wildman–Crippen MR) is 31.8 cm³/mol. The molecule has 0 aliphatic carbocycles. The van der Waals surface area contributed by atoms with Crippen LogP contribution in [0, 0.1) is 0 Å². The van der Waals surface area contributed by atoms with E-state index in [4.69, 9.17) is 28.3 Å². The van der Waals surface area contributed by atoms with E-state index in [0.717, 1.165) is 0 Å². The molecule has 1 nitrogen and oxygen atoms in total. The topological polar surface area (TPSA) is 20.2 Å². The van der Waals surface area contributed by atoms with Gasteiger partial charge in [0.05, 0.1) is 6.10 Å². The van der Waals surface area contributed by atoms with E-state index in [0.29, 0.717) is 0 Å². The standard InChI is InChI=1S/C4H7Cl2FO/c1-3(8)2-4(5,6)7/h3,8H,2H2,1H3. The minimum absolute atomic E-state index is 0.254. The van der Waals surface area contributed by atoms with E-state index in [1.54, 1.807) is 0 Å². The maximum atomic E-state index is 12.0. The largest absolute Gasteiger partial charge is 0.393 e. The van der Waals surface area contributed by atoms with Gasteiger partial charge in [0.25, 0.3) is 4.59 Å². The highest BCUT2D eigenvalue weighted by Gasteiger charge is 2.23. The summed E-state index contributed by atoms with van der Waals surface area (Å²) in [6.07, 6.45) is -1.05. The quantitative estimate of drug-likeness (QED) is 0.612. The predicted octanol–water partition coefficient (Wildman–Crippen LogP) is 1.86. The summed E-state index contributed by atoms with van der Waals surface area (Å²) < 4.78 is 9.73. The van der Waals surface area contributed by atoms with Gasteiger partial charge in [-0.05, 0) is 6.92 Å². The Balaban J connectivity index is 3.39. The lowest BCUT2D eigenvalue weighted by molar-refractivity contribution is 0.153. The fourth-order valence-electron chi connectivity index (χ4n) is 0.335. The smallest absolute Gasteiger partial charge is 0.259 e. The number of aliphatic hydroxyl groups is 1. The molecule has 0 rings (SSSR count). The zero-order chi connectivity index (χ0) is 6.78. The first-order valence-corrected chi connectivity index (χ1v) is 2.92. The van der Waals surface area contributed by atoms with E-state index in [-0.39, 0.29) is 6.42 Å². The van der Waals surface area contributed by atoms with Gasteiger partial charge in [-0.3, -0.25) is 0 Å². The van der Waals surface area contributed by atoms with Crippen molar-refractivity contribution in [1.29, 1.82) is 0 Å². The third-order valence-electron chi connectivity index (χ3n) is 0.527. The molecule has 50 valence electrons. The Labute approximate surface area is 57.4 Å². The highest BCUT2D eigenvalue weighted by Crippen LogP contribution is 2.27. The van der Waals surface area contributed by atoms with Gasteiger partial charge < -0.3 is 5.11 Å². The van der Waals surface area contributed by atoms with Crippen molar-refractivity contribution >= 4 is 23.2 Å². The van der Waals surface area contributed by atoms with Gasteiger partial charge in [0.2, 0.25) is 0 Å². The molecule has 0 saturated carbocycles. The zero-order valence-electron chi connectivity index (χ0n) is 4.37. The molecule has 0 fully saturated rings. The highest BCUT2D eigenvalue weighted by atomic mass is 35.5. The van der Waals surface area contributed by atoms with Crippen LogP contribution < -0.4 is 0 Å². The van der Waals surface area contributed by atoms with Gasteiger partial charge in [-0.15, -0.1) is 0 Å². The molecule has 0 saturated heterocycles. The van der Waals surface area contributed by atoms with E-state index < -0.39 is 10.7 Å². The van der Waals surface area contributed by atoms with Crippen molar-refractivity contribution < 1.29 is 9.50 Å². The molecule has 1 unspecified atom stereocenters. The lowest BCUT2D eigenvalue weighted by Gasteiger charge is -2.09. The van der Waals surface area contributed by atoms with Crippen molar-refractivity contribution in [2.45, 2.75) is 24.0 Å². The van der Waals surface area contributed by atoms with Gasteiger partial charge in [-0.2, -0.15) is 0 Å². The van der Waals surface area contributed by atoms with Gasteiger partial charge in [0, 0.05) is 6.42 Å². The van der Waals surface area contributed by atoms with E-state index in [9.17, 15) is 4.39 Å². The van der Waals surface area contributed by atoms with E-state index in [1.807, 2.05) is 0 Å². The average Bonchev–Trinajstić information content (AvgIpc) is 1.21. The Bertz CT molecular complexity index is 68.9. The Kier molecular flexibility index (Phi) is 3.02. The number of halogens is 3. The fourth-order valence-corrected chi connectivity index (χ4v) is 0.782. The van der Waals surface area contributed by atoms with E-state index >= 15 is 0 Å². The van der Waals surface area contributed by atoms with Crippen molar-refractivity contribution in [2.24, 2.45) is 0 Å². The second kappa shape index (κ2) is 2.85. The van der Waals surface area contributed by atoms with Crippen LogP contribution >= 0.6 is 23.2 Å². The van der Waals surface area contributed by atoms with Crippen LogP contribution in [0.5, 0.6) is 0 Å². The molecule has 0 amide bonds. The maximum absolute atomic E-state index is 12.0. The van der Waals surface area contributed by atoms with Gasteiger partial charge in [-0.1, -0.05) is 23.2 Å². The average molecular weight is 161 g/mol. The second-order valence-corrected chi connectivity index (χ2v) is 3.06. The van der Waals surface area contributed by atoms with Crippen molar-refractivity contribution in [1.82, 2.24) is 0 Å². The van der Waals surface area contributed by atoms with Crippen LogP contribution in [0.4, 0.5) is 4.39 Å². The number of hydrogen-bond donors (Lipinski definition) is 1. The SMILES string of the molecule is CC(O)CC(F)(Cl)Cl. The van der Waals surface area contributed by atoms with E-state index in [1.165, 1.54) is 6.92 Å². The van der Waals surface area contributed by atoms with Crippen LogP contribution in [0.2, 0.25) is 0 Å². The van der Waals surface area contributed by atoms with Gasteiger partial charge >= 0.3 is 0 Å². The molecule has 1 atom stereocenters. The van der Waals surface area contributed by atoms with Crippen LogP contribution in [0.15, 0.2) is 0 Å². The summed E-state index contributed by atoms with van der Waals surface area (Å²) in [7, 11) is 0. The molecule has 0 heterocycles. The number of hydrogen-bond acceptors (Lipinski definition) is 1. The molecule has 0 aromatic rings. The molecule has 0 radical (unpaired) electrons. The second-order valence-electron chi connectivity index (χ2n) is 1.67. The van der Waals surface area contributed by atoms with Crippen LogP contribution in [-0.2, 0) is 0 Å². The molecule has 8 heavy (non-hydrogen) atoms. The van der Waals surface area contributed by atoms with Crippen LogP contribution in [-0.4, -0.2) is 15.8 Å². The van der Waals surface area contributed by atoms with Gasteiger partial charge in [0.1, 0.15) is 0 Å². The molecule has 0 bridgehead atoms. The summed E-state index contributed by atoms with van der Waals surface area (Å²) >= 11 is 9.73. The minimum Gasteiger partial charge on any atom is -0.393 e. The summed E-state index contributed by atoms with van der Waals surface area (Å²) in [5.74, 6) is 0. The molecule has 1 N–H and O–H groups in total. The van der Waals surface area contributed by atoms with Crippen molar-refractivity contribution in [3.63, 3.8) is 0 Å². The van der Waals surface area contributed by atoms with Crippen LogP contribution in [0.1, 0.15) is 13.3 Å². The first-order valence-electron chi connectivity index (χ1n) is 2.16. The molecule has 0 aliphatic heterocycles. The lowest BCUT2D eigenvalue weighted by Crippen LogP contribution is -2.13. The fraction of sp³-hybridized carbons (Fsp3) is 1.00. The number of alkyl halides is 3. The molecule has 0 aromatic carbocycles. The Morgan fingerprint density at radius 2 is 2.12 bits per heavy atom. The third kappa shape index (κ3) is 6.47.